The molecule has 0 spiro atoms. The first kappa shape index (κ1) is 12.5. The molecule has 1 aromatic carbocycles. The molecule has 0 fully saturated rings. The molecule has 0 aliphatic heterocycles. The Kier molecular flexibility index (Phi) is 5.40. The third-order valence-corrected chi connectivity index (χ3v) is 1.52. The fourth-order valence-electron chi connectivity index (χ4n) is 0.654. The molecule has 0 atom stereocenters. The molecule has 0 radical (unpaired) electrons. The smallest absolute Gasteiger partial charge is 0.336 e. The van der Waals surface area contributed by atoms with Gasteiger partial charge in [0.25, 0.3) is 0 Å². The summed E-state index contributed by atoms with van der Waals surface area (Å²) >= 11 is 3.96. The van der Waals surface area contributed by atoms with E-state index in [1.54, 1.807) is 18.2 Å². The molecule has 0 saturated heterocycles. The van der Waals surface area contributed by atoms with Gasteiger partial charge in [-0.25, -0.2) is 4.79 Å². The van der Waals surface area contributed by atoms with Crippen molar-refractivity contribution in [2.45, 2.75) is 11.8 Å². The molecule has 0 aliphatic carbocycles. The van der Waals surface area contributed by atoms with Gasteiger partial charge in [-0.05, 0) is 19.1 Å². The second-order valence-electron chi connectivity index (χ2n) is 2.31. The van der Waals surface area contributed by atoms with Crippen molar-refractivity contribution in [1.82, 2.24) is 0 Å². The lowest BCUT2D eigenvalue weighted by Gasteiger charge is -1.95. The quantitative estimate of drug-likeness (QED) is 0.663. The Hall–Kier alpha value is -1.49. The SMILES string of the molecule is CC(=O)[O-].O=C(O)c1ccccc1S. The second kappa shape index (κ2) is 6.04. The molecule has 1 aromatic rings. The minimum Gasteiger partial charge on any atom is -0.550 e. The molecule has 0 amide bonds. The highest BCUT2D eigenvalue weighted by atomic mass is 32.1. The van der Waals surface area contributed by atoms with Crippen LogP contribution >= 0.6 is 12.6 Å². The van der Waals surface area contributed by atoms with E-state index in [0.717, 1.165) is 6.92 Å². The number of aromatic carboxylic acids is 1. The molecule has 4 nitrogen and oxygen atoms in total. The monoisotopic (exact) mass is 213 g/mol. The van der Waals surface area contributed by atoms with Crippen LogP contribution in [-0.4, -0.2) is 17.0 Å². The summed E-state index contributed by atoms with van der Waals surface area (Å²) in [4.78, 5) is 19.8. The predicted octanol–water partition coefficient (Wildman–Crippen LogP) is 0.430. The molecular formula is C9H9O4S-. The van der Waals surface area contributed by atoms with Gasteiger partial charge < -0.3 is 15.0 Å². The molecule has 1 rings (SSSR count). The molecule has 0 aromatic heterocycles. The van der Waals surface area contributed by atoms with E-state index >= 15 is 0 Å². The van der Waals surface area contributed by atoms with Crippen molar-refractivity contribution < 1.29 is 19.8 Å². The van der Waals surface area contributed by atoms with E-state index in [1.807, 2.05) is 0 Å². The van der Waals surface area contributed by atoms with E-state index in [1.165, 1.54) is 6.07 Å². The van der Waals surface area contributed by atoms with Gasteiger partial charge in [0, 0.05) is 10.9 Å². The summed E-state index contributed by atoms with van der Waals surface area (Å²) in [6.07, 6.45) is 0. The molecule has 0 unspecified atom stereocenters. The fourth-order valence-corrected chi connectivity index (χ4v) is 0.911. The van der Waals surface area contributed by atoms with Gasteiger partial charge in [0.05, 0.1) is 5.56 Å². The van der Waals surface area contributed by atoms with Crippen LogP contribution in [0, 0.1) is 0 Å². The number of carboxylic acid groups (broad SMARTS) is 2. The van der Waals surface area contributed by atoms with Crippen molar-refractivity contribution in [3.05, 3.63) is 29.8 Å². The minimum atomic E-state index is -1.08. The Morgan fingerprint density at radius 2 is 1.79 bits per heavy atom. The second-order valence-corrected chi connectivity index (χ2v) is 2.80. The lowest BCUT2D eigenvalue weighted by atomic mass is 10.2. The summed E-state index contributed by atoms with van der Waals surface area (Å²) in [5.74, 6) is -2.02. The van der Waals surface area contributed by atoms with Crippen molar-refractivity contribution in [3.8, 4) is 0 Å². The van der Waals surface area contributed by atoms with Crippen LogP contribution < -0.4 is 5.11 Å². The summed E-state index contributed by atoms with van der Waals surface area (Å²) in [5.41, 5.74) is 0.242. The zero-order chi connectivity index (χ0) is 11.1. The number of hydrogen-bond donors (Lipinski definition) is 2. The van der Waals surface area contributed by atoms with Crippen LogP contribution in [0.1, 0.15) is 17.3 Å². The lowest BCUT2D eigenvalue weighted by molar-refractivity contribution is -0.302. The van der Waals surface area contributed by atoms with Gasteiger partial charge in [-0.15, -0.1) is 12.6 Å². The molecule has 0 bridgehead atoms. The highest BCUT2D eigenvalue weighted by Gasteiger charge is 2.03. The summed E-state index contributed by atoms with van der Waals surface area (Å²) in [7, 11) is 0. The average molecular weight is 213 g/mol. The highest BCUT2D eigenvalue weighted by molar-refractivity contribution is 7.80. The van der Waals surface area contributed by atoms with Crippen LogP contribution in [0.4, 0.5) is 0 Å². The van der Waals surface area contributed by atoms with Crippen molar-refractivity contribution in [2.24, 2.45) is 0 Å². The van der Waals surface area contributed by atoms with Gasteiger partial charge >= 0.3 is 5.97 Å². The van der Waals surface area contributed by atoms with Crippen molar-refractivity contribution in [2.75, 3.05) is 0 Å². The van der Waals surface area contributed by atoms with Crippen molar-refractivity contribution in [3.63, 3.8) is 0 Å². The summed E-state index contributed by atoms with van der Waals surface area (Å²) in [6.45, 7) is 0.972. The summed E-state index contributed by atoms with van der Waals surface area (Å²) in [6, 6.07) is 6.58. The number of hydrogen-bond acceptors (Lipinski definition) is 4. The van der Waals surface area contributed by atoms with Gasteiger partial charge in [-0.1, -0.05) is 12.1 Å². The molecule has 0 saturated carbocycles. The van der Waals surface area contributed by atoms with Crippen LogP contribution in [0.25, 0.3) is 0 Å². The van der Waals surface area contributed by atoms with E-state index < -0.39 is 11.9 Å². The van der Waals surface area contributed by atoms with Crippen molar-refractivity contribution >= 4 is 24.6 Å². The van der Waals surface area contributed by atoms with E-state index in [4.69, 9.17) is 15.0 Å². The Labute approximate surface area is 86.6 Å². The fraction of sp³-hybridized carbons (Fsp3) is 0.111. The zero-order valence-corrected chi connectivity index (χ0v) is 8.32. The first-order valence-corrected chi connectivity index (χ1v) is 4.08. The van der Waals surface area contributed by atoms with E-state index in [2.05, 4.69) is 12.6 Å². The van der Waals surface area contributed by atoms with Gasteiger partial charge in [0.1, 0.15) is 0 Å². The summed E-state index contributed by atoms with van der Waals surface area (Å²) in [5, 5.41) is 17.4. The van der Waals surface area contributed by atoms with Gasteiger partial charge in [0.2, 0.25) is 0 Å². The third kappa shape index (κ3) is 5.21. The number of carboxylic acids is 2. The lowest BCUT2D eigenvalue weighted by Crippen LogP contribution is -2.16. The van der Waals surface area contributed by atoms with Crippen LogP contribution in [0.2, 0.25) is 0 Å². The maximum atomic E-state index is 10.4. The van der Waals surface area contributed by atoms with Gasteiger partial charge in [-0.2, -0.15) is 0 Å². The van der Waals surface area contributed by atoms with Crippen LogP contribution in [-0.2, 0) is 4.79 Å². The third-order valence-electron chi connectivity index (χ3n) is 1.13. The number of aliphatic carboxylic acids is 1. The van der Waals surface area contributed by atoms with E-state index in [-0.39, 0.29) is 5.56 Å². The minimum absolute atomic E-state index is 0.242. The van der Waals surface area contributed by atoms with Crippen molar-refractivity contribution in [1.29, 1.82) is 0 Å². The first-order chi connectivity index (χ1) is 6.45. The van der Waals surface area contributed by atoms with E-state index in [9.17, 15) is 4.79 Å². The molecule has 5 heteroatoms. The average Bonchev–Trinajstić information content (AvgIpc) is 2.03. The standard InChI is InChI=1S/C7H6O2S.C2H4O2/c8-7(9)5-3-1-2-4-6(5)10;1-2(3)4/h1-4,10H,(H,8,9);1H3,(H,3,4)/p-1. The molecule has 14 heavy (non-hydrogen) atoms. The van der Waals surface area contributed by atoms with Crippen LogP contribution in [0.15, 0.2) is 29.2 Å². The van der Waals surface area contributed by atoms with Crippen LogP contribution in [0.5, 0.6) is 0 Å². The van der Waals surface area contributed by atoms with E-state index in [0.29, 0.717) is 4.90 Å². The number of carbonyl (C=O) groups excluding carboxylic acids is 1. The Morgan fingerprint density at radius 3 is 2.07 bits per heavy atom. The molecule has 1 N–H and O–H groups in total. The normalized spacial score (nSPS) is 8.43. The number of benzene rings is 1. The molecule has 76 valence electrons. The summed E-state index contributed by atoms with van der Waals surface area (Å²) < 4.78 is 0. The Bertz CT molecular complexity index is 331. The Morgan fingerprint density at radius 1 is 1.36 bits per heavy atom. The molecular weight excluding hydrogens is 204 g/mol. The Balaban J connectivity index is 0.000000364. The number of rotatable bonds is 1. The largest absolute Gasteiger partial charge is 0.550 e. The number of thiol groups is 1. The maximum Gasteiger partial charge on any atom is 0.336 e. The van der Waals surface area contributed by atoms with Gasteiger partial charge in [0.15, 0.2) is 0 Å². The van der Waals surface area contributed by atoms with Gasteiger partial charge in [-0.3, -0.25) is 0 Å². The highest BCUT2D eigenvalue weighted by Crippen LogP contribution is 2.11. The topological polar surface area (TPSA) is 77.4 Å². The maximum absolute atomic E-state index is 10.4. The zero-order valence-electron chi connectivity index (χ0n) is 7.43. The first-order valence-electron chi connectivity index (χ1n) is 3.64. The molecule has 0 aliphatic rings. The van der Waals surface area contributed by atoms with Crippen LogP contribution in [0.3, 0.4) is 0 Å². The molecule has 0 heterocycles. The predicted molar refractivity (Wildman–Crippen MR) is 51.3 cm³/mol. The number of carbonyl (C=O) groups is 2.